The summed E-state index contributed by atoms with van der Waals surface area (Å²) in [7, 11) is 0. The van der Waals surface area contributed by atoms with Gasteiger partial charge in [0.15, 0.2) is 0 Å². The van der Waals surface area contributed by atoms with E-state index in [9.17, 15) is 0 Å². The van der Waals surface area contributed by atoms with Crippen molar-refractivity contribution in [3.8, 4) is 0 Å². The second kappa shape index (κ2) is 6.29. The Kier molecular flexibility index (Phi) is 3.85. The summed E-state index contributed by atoms with van der Waals surface area (Å²) in [5.41, 5.74) is 5.34. The van der Waals surface area contributed by atoms with E-state index in [4.69, 9.17) is 9.98 Å². The molecule has 2 aromatic rings. The van der Waals surface area contributed by atoms with E-state index in [0.29, 0.717) is 5.92 Å². The number of aryl methyl sites for hydroxylation is 1. The van der Waals surface area contributed by atoms with Crippen molar-refractivity contribution >= 4 is 16.7 Å². The number of aromatic nitrogens is 2. The summed E-state index contributed by atoms with van der Waals surface area (Å²) in [6.07, 6.45) is 16.9. The number of fused-ring (bicyclic) bond motifs is 2. The SMILES string of the molecule is C1=C(CCc2cnc3ccccc3n2)N=C2/C=C\C=C/CCC12. The first-order chi connectivity index (χ1) is 11.4. The summed E-state index contributed by atoms with van der Waals surface area (Å²) in [6, 6.07) is 8.00. The largest absolute Gasteiger partial charge is 0.258 e. The molecule has 1 aromatic carbocycles. The third-order valence-electron chi connectivity index (χ3n) is 4.34. The first-order valence-corrected chi connectivity index (χ1v) is 8.22. The van der Waals surface area contributed by atoms with Crippen molar-refractivity contribution in [1.82, 2.24) is 9.97 Å². The lowest BCUT2D eigenvalue weighted by Gasteiger charge is -2.07. The molecule has 0 radical (unpaired) electrons. The molecule has 114 valence electrons. The Bertz CT molecular complexity index is 843. The van der Waals surface area contributed by atoms with Crippen LogP contribution in [0, 0.1) is 5.92 Å². The molecule has 3 nitrogen and oxygen atoms in total. The van der Waals surface area contributed by atoms with E-state index < -0.39 is 0 Å². The molecule has 0 N–H and O–H groups in total. The molecule has 1 aliphatic heterocycles. The Morgan fingerprint density at radius 1 is 1.04 bits per heavy atom. The maximum atomic E-state index is 4.80. The predicted octanol–water partition coefficient (Wildman–Crippen LogP) is 4.42. The molecule has 0 amide bonds. The lowest BCUT2D eigenvalue weighted by Crippen LogP contribution is -2.06. The lowest BCUT2D eigenvalue weighted by molar-refractivity contribution is 0.762. The molecule has 0 saturated carbocycles. The van der Waals surface area contributed by atoms with Crippen molar-refractivity contribution < 1.29 is 0 Å². The lowest BCUT2D eigenvalue weighted by atomic mass is 9.96. The van der Waals surface area contributed by atoms with Gasteiger partial charge in [0.05, 0.1) is 16.7 Å². The zero-order valence-electron chi connectivity index (χ0n) is 13.0. The van der Waals surface area contributed by atoms with Gasteiger partial charge < -0.3 is 0 Å². The fourth-order valence-electron chi connectivity index (χ4n) is 3.11. The van der Waals surface area contributed by atoms with Crippen LogP contribution in [0.4, 0.5) is 0 Å². The number of hydrogen-bond acceptors (Lipinski definition) is 3. The average Bonchev–Trinajstić information content (AvgIpc) is 2.94. The molecule has 3 heteroatoms. The van der Waals surface area contributed by atoms with Crippen molar-refractivity contribution in [1.29, 1.82) is 0 Å². The van der Waals surface area contributed by atoms with Crippen LogP contribution < -0.4 is 0 Å². The van der Waals surface area contributed by atoms with Crippen LogP contribution in [0.1, 0.15) is 25.0 Å². The summed E-state index contributed by atoms with van der Waals surface area (Å²) < 4.78 is 0. The summed E-state index contributed by atoms with van der Waals surface area (Å²) in [4.78, 5) is 14.0. The van der Waals surface area contributed by atoms with Gasteiger partial charge in [0.1, 0.15) is 0 Å². The summed E-state index contributed by atoms with van der Waals surface area (Å²) in [6.45, 7) is 0. The zero-order valence-corrected chi connectivity index (χ0v) is 13.0. The number of para-hydroxylation sites is 2. The molecule has 1 atom stereocenters. The minimum Gasteiger partial charge on any atom is -0.258 e. The van der Waals surface area contributed by atoms with E-state index in [1.165, 1.54) is 11.4 Å². The second-order valence-corrected chi connectivity index (χ2v) is 6.02. The Hall–Kier alpha value is -2.55. The number of nitrogens with zero attached hydrogens (tertiary/aromatic N) is 3. The third-order valence-corrected chi connectivity index (χ3v) is 4.34. The number of allylic oxidation sites excluding steroid dienone is 6. The molecular formula is C20H19N3. The normalized spacial score (nSPS) is 22.7. The van der Waals surface area contributed by atoms with Gasteiger partial charge in [-0.15, -0.1) is 0 Å². The number of aliphatic imine (C=N–C) groups is 1. The molecular weight excluding hydrogens is 282 g/mol. The Balaban J connectivity index is 1.47. The van der Waals surface area contributed by atoms with E-state index in [-0.39, 0.29) is 0 Å². The monoisotopic (exact) mass is 301 g/mol. The molecule has 1 aromatic heterocycles. The highest BCUT2D eigenvalue weighted by molar-refractivity contribution is 6.00. The molecule has 2 aliphatic rings. The van der Waals surface area contributed by atoms with Gasteiger partial charge in [-0.2, -0.15) is 0 Å². The van der Waals surface area contributed by atoms with Gasteiger partial charge in [0.2, 0.25) is 0 Å². The van der Waals surface area contributed by atoms with Crippen molar-refractivity contribution in [2.75, 3.05) is 0 Å². The average molecular weight is 301 g/mol. The van der Waals surface area contributed by atoms with Gasteiger partial charge in [0.25, 0.3) is 0 Å². The summed E-state index contributed by atoms with van der Waals surface area (Å²) in [5.74, 6) is 0.480. The van der Waals surface area contributed by atoms with Crippen LogP contribution in [-0.4, -0.2) is 15.7 Å². The van der Waals surface area contributed by atoms with E-state index in [1.54, 1.807) is 0 Å². The first-order valence-electron chi connectivity index (χ1n) is 8.22. The third kappa shape index (κ3) is 3.14. The van der Waals surface area contributed by atoms with Gasteiger partial charge in [-0.3, -0.25) is 9.98 Å². The van der Waals surface area contributed by atoms with Gasteiger partial charge in [-0.25, -0.2) is 4.98 Å². The van der Waals surface area contributed by atoms with Gasteiger partial charge >= 0.3 is 0 Å². The number of rotatable bonds is 3. The fourth-order valence-corrected chi connectivity index (χ4v) is 3.11. The Morgan fingerprint density at radius 3 is 2.91 bits per heavy atom. The standard InChI is InChI=1S/C20H19N3/c1-2-4-8-18-15(7-3-1)13-16(22-18)11-12-17-14-21-19-9-5-6-10-20(19)23-17/h1-2,4-6,8-10,13-15H,3,7,11-12H2/b2-1-,8-4-. The highest BCUT2D eigenvalue weighted by Gasteiger charge is 2.19. The van der Waals surface area contributed by atoms with Crippen LogP contribution in [0.15, 0.2) is 71.5 Å². The van der Waals surface area contributed by atoms with Crippen molar-refractivity contribution in [2.45, 2.75) is 25.7 Å². The molecule has 0 saturated heterocycles. The quantitative estimate of drug-likeness (QED) is 0.841. The van der Waals surface area contributed by atoms with E-state index in [2.05, 4.69) is 35.4 Å². The molecule has 23 heavy (non-hydrogen) atoms. The van der Waals surface area contributed by atoms with Gasteiger partial charge in [-0.05, 0) is 43.9 Å². The molecule has 2 heterocycles. The molecule has 4 rings (SSSR count). The van der Waals surface area contributed by atoms with Gasteiger partial charge in [-0.1, -0.05) is 36.4 Å². The highest BCUT2D eigenvalue weighted by Crippen LogP contribution is 2.26. The highest BCUT2D eigenvalue weighted by atomic mass is 14.8. The van der Waals surface area contributed by atoms with E-state index in [1.807, 2.05) is 30.5 Å². The zero-order chi connectivity index (χ0) is 15.5. The smallest absolute Gasteiger partial charge is 0.0890 e. The number of hydrogen-bond donors (Lipinski definition) is 0. The molecule has 1 aliphatic carbocycles. The van der Waals surface area contributed by atoms with E-state index >= 15 is 0 Å². The molecule has 0 fully saturated rings. The predicted molar refractivity (Wildman–Crippen MR) is 94.4 cm³/mol. The summed E-state index contributed by atoms with van der Waals surface area (Å²) in [5, 5.41) is 0. The van der Waals surface area contributed by atoms with E-state index in [0.717, 1.165) is 42.4 Å². The molecule has 0 spiro atoms. The Labute approximate surface area is 136 Å². The first kappa shape index (κ1) is 14.1. The van der Waals surface area contributed by atoms with Crippen LogP contribution in [-0.2, 0) is 6.42 Å². The maximum absolute atomic E-state index is 4.80. The van der Waals surface area contributed by atoms with Crippen LogP contribution in [0.3, 0.4) is 0 Å². The van der Waals surface area contributed by atoms with Crippen LogP contribution in [0.25, 0.3) is 11.0 Å². The second-order valence-electron chi connectivity index (χ2n) is 6.02. The van der Waals surface area contributed by atoms with Crippen molar-refractivity contribution in [3.63, 3.8) is 0 Å². The minimum absolute atomic E-state index is 0.480. The fraction of sp³-hybridized carbons (Fsp3) is 0.250. The van der Waals surface area contributed by atoms with Crippen LogP contribution in [0.2, 0.25) is 0 Å². The molecule has 0 bridgehead atoms. The Morgan fingerprint density at radius 2 is 1.96 bits per heavy atom. The molecule has 1 unspecified atom stereocenters. The number of benzene rings is 1. The summed E-state index contributed by atoms with van der Waals surface area (Å²) >= 11 is 0. The maximum Gasteiger partial charge on any atom is 0.0890 e. The van der Waals surface area contributed by atoms with Crippen LogP contribution in [0.5, 0.6) is 0 Å². The van der Waals surface area contributed by atoms with Crippen LogP contribution >= 0.6 is 0 Å². The topological polar surface area (TPSA) is 38.1 Å². The van der Waals surface area contributed by atoms with Gasteiger partial charge in [0, 0.05) is 23.5 Å². The van der Waals surface area contributed by atoms with Crippen molar-refractivity contribution in [2.24, 2.45) is 10.9 Å². The minimum atomic E-state index is 0.480. The van der Waals surface area contributed by atoms with Crippen molar-refractivity contribution in [3.05, 3.63) is 72.2 Å².